The lowest BCUT2D eigenvalue weighted by Gasteiger charge is -2.37. The zero-order valence-electron chi connectivity index (χ0n) is 22.6. The maximum Gasteiger partial charge on any atom is 0.217 e. The van der Waals surface area contributed by atoms with E-state index >= 15 is 0 Å². The van der Waals surface area contributed by atoms with E-state index in [1.165, 1.54) is 12.0 Å². The topological polar surface area (TPSA) is 77.2 Å². The van der Waals surface area contributed by atoms with E-state index < -0.39 is 5.79 Å². The van der Waals surface area contributed by atoms with Crippen LogP contribution in [0.15, 0.2) is 84.4 Å². The number of isothiocyanates is 1. The number of aromatic nitrogens is 3. The van der Waals surface area contributed by atoms with E-state index in [4.69, 9.17) is 37.4 Å². The highest BCUT2D eigenvalue weighted by Gasteiger charge is 2.45. The molecule has 42 heavy (non-hydrogen) atoms. The Morgan fingerprint density at radius 1 is 0.976 bits per heavy atom. The Morgan fingerprint density at radius 2 is 1.67 bits per heavy atom. The lowest BCUT2D eigenvalue weighted by Crippen LogP contribution is -2.46. The third-order valence-corrected chi connectivity index (χ3v) is 7.98. The summed E-state index contributed by atoms with van der Waals surface area (Å²) >= 11 is 17.4. The van der Waals surface area contributed by atoms with Crippen molar-refractivity contribution in [1.29, 1.82) is 0 Å². The molecule has 3 heterocycles. The first-order valence-electron chi connectivity index (χ1n) is 13.5. The summed E-state index contributed by atoms with van der Waals surface area (Å²) in [7, 11) is 0. The number of ether oxygens (including phenoxy) is 3. The quantitative estimate of drug-likeness (QED) is 0.166. The number of hydrogen-bond donors (Lipinski definition) is 0. The molecule has 2 atom stereocenters. The smallest absolute Gasteiger partial charge is 0.217 e. The molecule has 216 valence electrons. The molecule has 2 saturated heterocycles. The fraction of sp³-hybridized carbons (Fsp3) is 0.300. The van der Waals surface area contributed by atoms with Gasteiger partial charge >= 0.3 is 0 Å². The zero-order valence-corrected chi connectivity index (χ0v) is 24.9. The molecule has 2 fully saturated rings. The largest absolute Gasteiger partial charge is 0.491 e. The average Bonchev–Trinajstić information content (AvgIpc) is 3.68. The lowest BCUT2D eigenvalue weighted by atomic mass is 10.1. The summed E-state index contributed by atoms with van der Waals surface area (Å²) in [5.74, 6) is -0.381. The van der Waals surface area contributed by atoms with Crippen LogP contribution >= 0.6 is 35.4 Å². The van der Waals surface area contributed by atoms with Crippen LogP contribution in [0.1, 0.15) is 5.56 Å². The monoisotopic (exact) mass is 622 g/mol. The molecule has 0 saturated carbocycles. The van der Waals surface area contributed by atoms with Gasteiger partial charge in [-0.1, -0.05) is 29.3 Å². The molecule has 3 aromatic carbocycles. The highest BCUT2D eigenvalue weighted by molar-refractivity contribution is 7.78. The van der Waals surface area contributed by atoms with Crippen LogP contribution in [-0.4, -0.2) is 65.4 Å². The molecule has 4 aromatic rings. The van der Waals surface area contributed by atoms with Gasteiger partial charge in [0.25, 0.3) is 0 Å². The Bertz CT molecular complexity index is 1540. The van der Waals surface area contributed by atoms with E-state index in [1.807, 2.05) is 30.3 Å². The van der Waals surface area contributed by atoms with Crippen LogP contribution in [0.25, 0.3) is 0 Å². The molecule has 1 aromatic heterocycles. The number of aliphatic imine (C=N–C) groups is 1. The number of nitrogens with zero attached hydrogens (tertiary/aromatic N) is 6. The van der Waals surface area contributed by atoms with Gasteiger partial charge in [0.05, 0.1) is 22.5 Å². The lowest BCUT2D eigenvalue weighted by molar-refractivity contribution is -0.190. The summed E-state index contributed by atoms with van der Waals surface area (Å²) in [5.41, 5.74) is 3.84. The molecule has 0 aliphatic carbocycles. The van der Waals surface area contributed by atoms with Crippen molar-refractivity contribution >= 4 is 57.6 Å². The fourth-order valence-corrected chi connectivity index (χ4v) is 5.90. The van der Waals surface area contributed by atoms with Crippen LogP contribution < -0.4 is 14.5 Å². The number of piperazine rings is 1. The second-order valence-electron chi connectivity index (χ2n) is 10.0. The first kappa shape index (κ1) is 28.6. The van der Waals surface area contributed by atoms with Gasteiger partial charge in [-0.2, -0.15) is 10.1 Å². The molecule has 2 unspecified atom stereocenters. The van der Waals surface area contributed by atoms with Crippen molar-refractivity contribution in [1.82, 2.24) is 14.8 Å². The summed E-state index contributed by atoms with van der Waals surface area (Å²) < 4.78 is 20.4. The molecule has 2 aliphatic heterocycles. The van der Waals surface area contributed by atoms with Crippen molar-refractivity contribution < 1.29 is 14.2 Å². The minimum absolute atomic E-state index is 0.278. The van der Waals surface area contributed by atoms with Crippen LogP contribution in [0.5, 0.6) is 5.75 Å². The minimum Gasteiger partial charge on any atom is -0.491 e. The van der Waals surface area contributed by atoms with Crippen LogP contribution in [0.4, 0.5) is 17.1 Å². The van der Waals surface area contributed by atoms with Crippen molar-refractivity contribution in [3.8, 4) is 5.75 Å². The summed E-state index contributed by atoms with van der Waals surface area (Å²) in [6, 6.07) is 21.5. The summed E-state index contributed by atoms with van der Waals surface area (Å²) in [6.07, 6.45) is 2.76. The third-order valence-electron chi connectivity index (χ3n) is 7.34. The third kappa shape index (κ3) is 6.44. The number of thiocarbonyl (C=S) groups is 1. The van der Waals surface area contributed by atoms with E-state index in [2.05, 4.69) is 66.5 Å². The molecule has 0 N–H and O–H groups in total. The van der Waals surface area contributed by atoms with Crippen LogP contribution in [-0.2, 0) is 21.8 Å². The summed E-state index contributed by atoms with van der Waals surface area (Å²) in [5, 5.41) is 7.62. The van der Waals surface area contributed by atoms with Gasteiger partial charge in [-0.3, -0.25) is 0 Å². The van der Waals surface area contributed by atoms with Gasteiger partial charge in [-0.25, -0.2) is 9.67 Å². The van der Waals surface area contributed by atoms with Crippen LogP contribution in [0, 0.1) is 0 Å². The molecule has 9 nitrogen and oxygen atoms in total. The number of halogens is 2. The van der Waals surface area contributed by atoms with Crippen molar-refractivity contribution in [2.45, 2.75) is 18.4 Å². The summed E-state index contributed by atoms with van der Waals surface area (Å²) in [4.78, 5) is 12.8. The highest BCUT2D eigenvalue weighted by atomic mass is 35.5. The molecule has 0 amide bonds. The number of benzene rings is 3. The SMILES string of the molecule is S=C=Nc1ccc(N2CCN(c3ccc(OCC4COC(Cn5cncn5)(c5ccc(Cl)cc5Cl)O4)cc3)CC2)cc1. The van der Waals surface area contributed by atoms with E-state index in [1.54, 1.807) is 23.1 Å². The van der Waals surface area contributed by atoms with Gasteiger partial charge < -0.3 is 24.0 Å². The van der Waals surface area contributed by atoms with Crippen molar-refractivity contribution in [2.75, 3.05) is 49.2 Å². The standard InChI is InChI=1S/C30H28Cl2N6O3S/c31-22-1-10-28(29(32)15-22)30(18-38-20-33-19-35-38)40-17-27(41-30)16-39-26-8-6-25(7-9-26)37-13-11-36(12-14-37)24-4-2-23(3-5-24)34-21-42/h1-10,15,19-20,27H,11-14,16-18H2. The second kappa shape index (κ2) is 12.8. The average molecular weight is 624 g/mol. The van der Waals surface area contributed by atoms with Crippen molar-refractivity contribution in [3.63, 3.8) is 0 Å². The van der Waals surface area contributed by atoms with Gasteiger partial charge in [0.15, 0.2) is 0 Å². The van der Waals surface area contributed by atoms with Crippen molar-refractivity contribution in [3.05, 3.63) is 95.0 Å². The Kier molecular flexibility index (Phi) is 8.71. The summed E-state index contributed by atoms with van der Waals surface area (Å²) in [6.45, 7) is 4.64. The maximum atomic E-state index is 6.56. The molecular weight excluding hydrogens is 595 g/mol. The number of anilines is 2. The highest BCUT2D eigenvalue weighted by Crippen LogP contribution is 2.40. The molecule has 2 aliphatic rings. The Labute approximate surface area is 259 Å². The van der Waals surface area contributed by atoms with Gasteiger partial charge in [-0.05, 0) is 72.9 Å². The van der Waals surface area contributed by atoms with Gasteiger partial charge in [0, 0.05) is 48.1 Å². The number of rotatable bonds is 9. The van der Waals surface area contributed by atoms with E-state index in [9.17, 15) is 0 Å². The predicted octanol–water partition coefficient (Wildman–Crippen LogP) is 5.99. The fourth-order valence-electron chi connectivity index (χ4n) is 5.24. The van der Waals surface area contributed by atoms with Gasteiger partial charge in [0.1, 0.15) is 37.7 Å². The first-order chi connectivity index (χ1) is 20.5. The molecule has 12 heteroatoms. The van der Waals surface area contributed by atoms with Gasteiger partial charge in [0.2, 0.25) is 5.79 Å². The molecule has 0 radical (unpaired) electrons. The zero-order chi connectivity index (χ0) is 28.9. The molecule has 6 rings (SSSR count). The van der Waals surface area contributed by atoms with E-state index in [0.29, 0.717) is 28.8 Å². The Balaban J connectivity index is 1.04. The number of hydrogen-bond acceptors (Lipinski definition) is 9. The molecule has 0 spiro atoms. The molecule has 0 bridgehead atoms. The van der Waals surface area contributed by atoms with E-state index in [0.717, 1.165) is 43.3 Å². The van der Waals surface area contributed by atoms with Gasteiger partial charge in [-0.15, -0.1) is 0 Å². The maximum absolute atomic E-state index is 6.56. The molecular formula is C30H28Cl2N6O3S. The Hall–Kier alpha value is -3.50. The van der Waals surface area contributed by atoms with Crippen molar-refractivity contribution in [2.24, 2.45) is 4.99 Å². The van der Waals surface area contributed by atoms with Crippen LogP contribution in [0.2, 0.25) is 10.0 Å². The minimum atomic E-state index is -1.14. The van der Waals surface area contributed by atoms with E-state index in [-0.39, 0.29) is 12.6 Å². The Morgan fingerprint density at radius 3 is 2.29 bits per heavy atom. The first-order valence-corrected chi connectivity index (χ1v) is 14.7. The normalized spacial score (nSPS) is 20.4. The second-order valence-corrected chi connectivity index (χ2v) is 11.0. The van der Waals surface area contributed by atoms with Crippen LogP contribution in [0.3, 0.4) is 0 Å². The predicted molar refractivity (Wildman–Crippen MR) is 166 cm³/mol.